The zero-order valence-electron chi connectivity index (χ0n) is 10.2. The average Bonchev–Trinajstić information content (AvgIpc) is 2.34. The minimum absolute atomic E-state index is 0.0369. The molecule has 0 heterocycles. The zero-order chi connectivity index (χ0) is 14.0. The third kappa shape index (κ3) is 2.76. The van der Waals surface area contributed by atoms with Crippen molar-refractivity contribution in [1.82, 2.24) is 0 Å². The average molecular weight is 323 g/mol. The summed E-state index contributed by atoms with van der Waals surface area (Å²) in [6, 6.07) is 9.67. The highest BCUT2D eigenvalue weighted by Gasteiger charge is 2.17. The lowest BCUT2D eigenvalue weighted by Gasteiger charge is -2.12. The first kappa shape index (κ1) is 13.5. The lowest BCUT2D eigenvalue weighted by Crippen LogP contribution is -2.16. The standard InChI is InChI=1S/C14H12BrFN2O/c1-8-4-2-7-11(17)13(8)18-14(19)12-9(15)5-3-6-10(12)16/h2-7H,17H2,1H3,(H,18,19). The van der Waals surface area contributed by atoms with E-state index in [2.05, 4.69) is 21.2 Å². The topological polar surface area (TPSA) is 55.1 Å². The van der Waals surface area contributed by atoms with Gasteiger partial charge in [0.2, 0.25) is 0 Å². The van der Waals surface area contributed by atoms with Crippen molar-refractivity contribution in [3.63, 3.8) is 0 Å². The molecule has 0 saturated heterocycles. The molecule has 0 saturated carbocycles. The molecular weight excluding hydrogens is 311 g/mol. The van der Waals surface area contributed by atoms with Crippen LogP contribution in [0, 0.1) is 12.7 Å². The van der Waals surface area contributed by atoms with Crippen LogP contribution in [0.1, 0.15) is 15.9 Å². The second-order valence-electron chi connectivity index (χ2n) is 4.09. The summed E-state index contributed by atoms with van der Waals surface area (Å²) in [5.41, 5.74) is 7.53. The second-order valence-corrected chi connectivity index (χ2v) is 4.94. The van der Waals surface area contributed by atoms with E-state index in [9.17, 15) is 9.18 Å². The Hall–Kier alpha value is -1.88. The minimum Gasteiger partial charge on any atom is -0.397 e. The predicted octanol–water partition coefficient (Wildman–Crippen LogP) is 3.73. The van der Waals surface area contributed by atoms with E-state index in [0.717, 1.165) is 5.56 Å². The molecule has 0 fully saturated rings. The molecule has 0 atom stereocenters. The van der Waals surface area contributed by atoms with Crippen molar-refractivity contribution >= 4 is 33.2 Å². The van der Waals surface area contributed by atoms with E-state index in [0.29, 0.717) is 15.8 Å². The van der Waals surface area contributed by atoms with E-state index < -0.39 is 11.7 Å². The van der Waals surface area contributed by atoms with Crippen LogP contribution in [-0.2, 0) is 0 Å². The zero-order valence-corrected chi connectivity index (χ0v) is 11.8. The van der Waals surface area contributed by atoms with E-state index >= 15 is 0 Å². The number of nitrogen functional groups attached to an aromatic ring is 1. The van der Waals surface area contributed by atoms with Crippen LogP contribution in [-0.4, -0.2) is 5.91 Å². The summed E-state index contributed by atoms with van der Waals surface area (Å²) < 4.78 is 14.1. The van der Waals surface area contributed by atoms with Crippen molar-refractivity contribution in [3.05, 3.63) is 57.8 Å². The van der Waals surface area contributed by atoms with E-state index in [1.807, 2.05) is 13.0 Å². The maximum Gasteiger partial charge on any atom is 0.259 e. The fraction of sp³-hybridized carbons (Fsp3) is 0.0714. The first-order valence-electron chi connectivity index (χ1n) is 5.61. The van der Waals surface area contributed by atoms with Crippen molar-refractivity contribution in [2.45, 2.75) is 6.92 Å². The Morgan fingerprint density at radius 1 is 1.26 bits per heavy atom. The Morgan fingerprint density at radius 2 is 1.95 bits per heavy atom. The first-order valence-corrected chi connectivity index (χ1v) is 6.40. The van der Waals surface area contributed by atoms with Gasteiger partial charge < -0.3 is 11.1 Å². The van der Waals surface area contributed by atoms with Gasteiger partial charge in [0, 0.05) is 4.47 Å². The molecule has 0 unspecified atom stereocenters. The van der Waals surface area contributed by atoms with Crippen molar-refractivity contribution in [3.8, 4) is 0 Å². The highest BCUT2D eigenvalue weighted by Crippen LogP contribution is 2.25. The Morgan fingerprint density at radius 3 is 2.58 bits per heavy atom. The molecule has 0 bridgehead atoms. The monoisotopic (exact) mass is 322 g/mol. The van der Waals surface area contributed by atoms with E-state index in [4.69, 9.17) is 5.73 Å². The van der Waals surface area contributed by atoms with Gasteiger partial charge in [-0.15, -0.1) is 0 Å². The summed E-state index contributed by atoms with van der Waals surface area (Å²) >= 11 is 3.17. The largest absolute Gasteiger partial charge is 0.397 e. The van der Waals surface area contributed by atoms with Gasteiger partial charge >= 0.3 is 0 Å². The third-order valence-corrected chi connectivity index (χ3v) is 3.39. The molecule has 0 aromatic heterocycles. The summed E-state index contributed by atoms with van der Waals surface area (Å²) in [4.78, 5) is 12.1. The van der Waals surface area contributed by atoms with Gasteiger partial charge in [0.15, 0.2) is 0 Å². The van der Waals surface area contributed by atoms with Crippen LogP contribution in [0.4, 0.5) is 15.8 Å². The third-order valence-electron chi connectivity index (χ3n) is 2.73. The fourth-order valence-electron chi connectivity index (χ4n) is 1.75. The summed E-state index contributed by atoms with van der Waals surface area (Å²) in [5.74, 6) is -1.12. The second kappa shape index (κ2) is 5.40. The molecule has 19 heavy (non-hydrogen) atoms. The SMILES string of the molecule is Cc1cccc(N)c1NC(=O)c1c(F)cccc1Br. The van der Waals surface area contributed by atoms with Crippen LogP contribution >= 0.6 is 15.9 Å². The van der Waals surface area contributed by atoms with Crippen molar-refractivity contribution in [1.29, 1.82) is 0 Å². The number of rotatable bonds is 2. The van der Waals surface area contributed by atoms with Crippen LogP contribution in [0.25, 0.3) is 0 Å². The van der Waals surface area contributed by atoms with Gasteiger partial charge in [-0.1, -0.05) is 18.2 Å². The van der Waals surface area contributed by atoms with Gasteiger partial charge in [0.1, 0.15) is 5.82 Å². The Kier molecular flexibility index (Phi) is 3.85. The van der Waals surface area contributed by atoms with Crippen molar-refractivity contribution < 1.29 is 9.18 Å². The number of amides is 1. The van der Waals surface area contributed by atoms with Crippen LogP contribution in [0.15, 0.2) is 40.9 Å². The molecule has 2 aromatic rings. The molecule has 98 valence electrons. The van der Waals surface area contributed by atoms with Gasteiger partial charge in [-0.2, -0.15) is 0 Å². The van der Waals surface area contributed by atoms with Crippen LogP contribution in [0.3, 0.4) is 0 Å². The molecule has 1 amide bonds. The molecule has 0 aliphatic heterocycles. The Bertz CT molecular complexity index is 603. The minimum atomic E-state index is -0.584. The molecule has 3 N–H and O–H groups in total. The van der Waals surface area contributed by atoms with E-state index in [1.165, 1.54) is 12.1 Å². The molecule has 2 rings (SSSR count). The normalized spacial score (nSPS) is 10.3. The number of anilines is 2. The molecule has 5 heteroatoms. The number of para-hydroxylation sites is 1. The van der Waals surface area contributed by atoms with Crippen LogP contribution in [0.5, 0.6) is 0 Å². The van der Waals surface area contributed by atoms with Gasteiger partial charge in [0.25, 0.3) is 5.91 Å². The molecule has 2 aromatic carbocycles. The number of nitrogens with one attached hydrogen (secondary N) is 1. The molecule has 0 aliphatic rings. The summed E-state index contributed by atoms with van der Waals surface area (Å²) in [6.45, 7) is 1.82. The highest BCUT2D eigenvalue weighted by atomic mass is 79.9. The maximum absolute atomic E-state index is 13.7. The summed E-state index contributed by atoms with van der Waals surface area (Å²) in [5, 5.41) is 2.64. The first-order chi connectivity index (χ1) is 9.00. The number of hydrogen-bond acceptors (Lipinski definition) is 2. The van der Waals surface area contributed by atoms with E-state index in [1.54, 1.807) is 18.2 Å². The molecule has 0 aliphatic carbocycles. The number of benzene rings is 2. The fourth-order valence-corrected chi connectivity index (χ4v) is 2.27. The van der Waals surface area contributed by atoms with Crippen molar-refractivity contribution in [2.24, 2.45) is 0 Å². The number of carbonyl (C=O) groups excluding carboxylic acids is 1. The van der Waals surface area contributed by atoms with E-state index in [-0.39, 0.29) is 5.56 Å². The number of hydrogen-bond donors (Lipinski definition) is 2. The molecule has 3 nitrogen and oxygen atoms in total. The Labute approximate surface area is 118 Å². The highest BCUT2D eigenvalue weighted by molar-refractivity contribution is 9.10. The van der Waals surface area contributed by atoms with Crippen LogP contribution < -0.4 is 11.1 Å². The van der Waals surface area contributed by atoms with Gasteiger partial charge in [-0.05, 0) is 46.6 Å². The molecule has 0 radical (unpaired) electrons. The van der Waals surface area contributed by atoms with Crippen LogP contribution in [0.2, 0.25) is 0 Å². The van der Waals surface area contributed by atoms with Crippen molar-refractivity contribution in [2.75, 3.05) is 11.1 Å². The maximum atomic E-state index is 13.7. The van der Waals surface area contributed by atoms with Gasteiger partial charge in [0.05, 0.1) is 16.9 Å². The number of halogens is 2. The molecular formula is C14H12BrFN2O. The Balaban J connectivity index is 2.37. The predicted molar refractivity (Wildman–Crippen MR) is 77.6 cm³/mol. The summed E-state index contributed by atoms with van der Waals surface area (Å²) in [7, 11) is 0. The van der Waals surface area contributed by atoms with Gasteiger partial charge in [-0.25, -0.2) is 4.39 Å². The smallest absolute Gasteiger partial charge is 0.259 e. The lowest BCUT2D eigenvalue weighted by atomic mass is 10.1. The number of aryl methyl sites for hydroxylation is 1. The number of nitrogens with two attached hydrogens (primary N) is 1. The lowest BCUT2D eigenvalue weighted by molar-refractivity contribution is 0.102. The quantitative estimate of drug-likeness (QED) is 0.828. The molecule has 0 spiro atoms. The summed E-state index contributed by atoms with van der Waals surface area (Å²) in [6.07, 6.45) is 0. The number of carbonyl (C=O) groups is 1. The van der Waals surface area contributed by atoms with Gasteiger partial charge in [-0.3, -0.25) is 4.79 Å².